The lowest BCUT2D eigenvalue weighted by Crippen LogP contribution is -2.49. The Morgan fingerprint density at radius 1 is 1.10 bits per heavy atom. The molecule has 0 spiro atoms. The molecule has 4 rings (SSSR count). The standard InChI is InChI=1S/C30H41FN4O3S/c1-19(32-5)26(36)17-23(20-12-15-34(16-13-20)30(2,3)4)29(38)35-14-6-7-25(35)28-33-24(18-39-28)27(37)21-8-10-22(31)11-9-21/h8-11,18-20,23,25,32H,6-7,12-17H2,1-5H3/t19-,23-,25-/m0/s1. The second-order valence-electron chi connectivity index (χ2n) is 11.9. The lowest BCUT2D eigenvalue weighted by atomic mass is 9.79. The minimum atomic E-state index is -0.396. The van der Waals surface area contributed by atoms with E-state index in [0.29, 0.717) is 17.8 Å². The number of hydrogen-bond donors (Lipinski definition) is 1. The topological polar surface area (TPSA) is 82.6 Å². The normalized spacial score (nSPS) is 20.7. The fourth-order valence-corrected chi connectivity index (χ4v) is 6.72. The Hall–Kier alpha value is -2.49. The van der Waals surface area contributed by atoms with Gasteiger partial charge in [-0.2, -0.15) is 0 Å². The average Bonchev–Trinajstić information content (AvgIpc) is 3.60. The number of benzene rings is 1. The van der Waals surface area contributed by atoms with Gasteiger partial charge in [0.15, 0.2) is 0 Å². The van der Waals surface area contributed by atoms with E-state index in [2.05, 4.69) is 36.0 Å². The van der Waals surface area contributed by atoms with Crippen molar-refractivity contribution in [2.24, 2.45) is 11.8 Å². The van der Waals surface area contributed by atoms with Gasteiger partial charge in [0.05, 0.1) is 12.1 Å². The zero-order valence-corrected chi connectivity index (χ0v) is 24.5. The van der Waals surface area contributed by atoms with Gasteiger partial charge in [0, 0.05) is 35.4 Å². The molecule has 2 aliphatic rings. The fourth-order valence-electron chi connectivity index (χ4n) is 5.78. The van der Waals surface area contributed by atoms with Gasteiger partial charge in [-0.3, -0.25) is 19.3 Å². The highest BCUT2D eigenvalue weighted by atomic mass is 32.1. The van der Waals surface area contributed by atoms with Crippen LogP contribution in [-0.2, 0) is 9.59 Å². The summed E-state index contributed by atoms with van der Waals surface area (Å²) in [6, 6.07) is 4.94. The van der Waals surface area contributed by atoms with Crippen molar-refractivity contribution in [3.63, 3.8) is 0 Å². The van der Waals surface area contributed by atoms with Gasteiger partial charge in [0.1, 0.15) is 22.3 Å². The number of likely N-dealkylation sites (N-methyl/N-ethyl adjacent to an activating group) is 1. The number of halogens is 1. The number of rotatable bonds is 9. The number of ketones is 2. The van der Waals surface area contributed by atoms with Gasteiger partial charge in [-0.1, -0.05) is 0 Å². The molecular formula is C30H41FN4O3S. The Morgan fingerprint density at radius 3 is 2.38 bits per heavy atom. The van der Waals surface area contributed by atoms with E-state index in [4.69, 9.17) is 0 Å². The maximum absolute atomic E-state index is 14.2. The number of carbonyl (C=O) groups is 3. The maximum atomic E-state index is 14.2. The quantitative estimate of drug-likeness (QED) is 0.444. The highest BCUT2D eigenvalue weighted by molar-refractivity contribution is 7.10. The first kappa shape index (κ1) is 29.5. The number of amides is 1. The molecule has 9 heteroatoms. The summed E-state index contributed by atoms with van der Waals surface area (Å²) in [5.41, 5.74) is 0.769. The third kappa shape index (κ3) is 6.81. The smallest absolute Gasteiger partial charge is 0.227 e. The molecule has 3 atom stereocenters. The SMILES string of the molecule is CN[C@@H](C)C(=O)C[C@H](C(=O)N1CCC[C@H]1c1nc(C(=O)c2ccc(F)cc2)cs1)C1CCN(C(C)(C)C)CC1. The van der Waals surface area contributed by atoms with Crippen LogP contribution in [0.5, 0.6) is 0 Å². The van der Waals surface area contributed by atoms with Crippen LogP contribution in [0.2, 0.25) is 0 Å². The van der Waals surface area contributed by atoms with Crippen LogP contribution in [0.4, 0.5) is 4.39 Å². The first-order valence-electron chi connectivity index (χ1n) is 14.0. The molecule has 0 radical (unpaired) electrons. The summed E-state index contributed by atoms with van der Waals surface area (Å²) < 4.78 is 13.3. The summed E-state index contributed by atoms with van der Waals surface area (Å²) in [7, 11) is 1.77. The molecule has 2 saturated heterocycles. The largest absolute Gasteiger partial charge is 0.333 e. The average molecular weight is 557 g/mol. The maximum Gasteiger partial charge on any atom is 0.227 e. The van der Waals surface area contributed by atoms with E-state index < -0.39 is 5.82 Å². The minimum Gasteiger partial charge on any atom is -0.333 e. The summed E-state index contributed by atoms with van der Waals surface area (Å²) in [5, 5.41) is 5.49. The summed E-state index contributed by atoms with van der Waals surface area (Å²) in [6.07, 6.45) is 3.64. The molecule has 7 nitrogen and oxygen atoms in total. The zero-order chi connectivity index (χ0) is 28.3. The van der Waals surface area contributed by atoms with Crippen LogP contribution in [0.3, 0.4) is 0 Å². The van der Waals surface area contributed by atoms with Crippen LogP contribution in [0, 0.1) is 17.7 Å². The lowest BCUT2D eigenvalue weighted by Gasteiger charge is -2.43. The monoisotopic (exact) mass is 556 g/mol. The van der Waals surface area contributed by atoms with E-state index in [1.807, 2.05) is 11.8 Å². The Balaban J connectivity index is 1.53. The number of likely N-dealkylation sites (tertiary alicyclic amines) is 2. The Labute approximate surface area is 235 Å². The van der Waals surface area contributed by atoms with Crippen molar-refractivity contribution in [1.29, 1.82) is 0 Å². The van der Waals surface area contributed by atoms with Crippen LogP contribution in [-0.4, -0.2) is 70.5 Å². The van der Waals surface area contributed by atoms with E-state index in [1.54, 1.807) is 12.4 Å². The van der Waals surface area contributed by atoms with Gasteiger partial charge in [-0.05, 0) is 104 Å². The predicted molar refractivity (Wildman–Crippen MR) is 151 cm³/mol. The highest BCUT2D eigenvalue weighted by Crippen LogP contribution is 2.39. The fraction of sp³-hybridized carbons (Fsp3) is 0.600. The third-order valence-corrected chi connectivity index (χ3v) is 9.34. The number of piperidine rings is 1. The number of Topliss-reactive ketones (excluding diaryl/α,β-unsaturated/α-hetero) is 1. The first-order valence-corrected chi connectivity index (χ1v) is 14.9. The first-order chi connectivity index (χ1) is 18.5. The molecule has 2 aliphatic heterocycles. The Morgan fingerprint density at radius 2 is 1.77 bits per heavy atom. The molecule has 0 saturated carbocycles. The molecule has 2 aromatic rings. The summed E-state index contributed by atoms with van der Waals surface area (Å²) >= 11 is 1.38. The summed E-state index contributed by atoms with van der Waals surface area (Å²) in [6.45, 7) is 10.9. The zero-order valence-electron chi connectivity index (χ0n) is 23.7. The number of nitrogens with one attached hydrogen (secondary N) is 1. The van der Waals surface area contributed by atoms with Crippen LogP contribution in [0.1, 0.15) is 86.9 Å². The summed E-state index contributed by atoms with van der Waals surface area (Å²) in [5.74, 6) is -0.778. The molecule has 39 heavy (non-hydrogen) atoms. The van der Waals surface area contributed by atoms with Gasteiger partial charge in [-0.15, -0.1) is 11.3 Å². The molecule has 0 unspecified atom stereocenters. The molecule has 1 aromatic carbocycles. The van der Waals surface area contributed by atoms with Gasteiger partial charge in [0.2, 0.25) is 11.7 Å². The number of thiazole rings is 1. The molecule has 1 aromatic heterocycles. The molecule has 212 valence electrons. The van der Waals surface area contributed by atoms with Gasteiger partial charge < -0.3 is 10.2 Å². The van der Waals surface area contributed by atoms with Gasteiger partial charge >= 0.3 is 0 Å². The van der Waals surface area contributed by atoms with Gasteiger partial charge in [-0.25, -0.2) is 9.37 Å². The second kappa shape index (κ2) is 12.4. The molecule has 3 heterocycles. The molecular weight excluding hydrogens is 515 g/mol. The molecule has 0 aliphatic carbocycles. The van der Waals surface area contributed by atoms with E-state index in [0.717, 1.165) is 43.8 Å². The number of aromatic nitrogens is 1. The van der Waals surface area contributed by atoms with Crippen LogP contribution >= 0.6 is 11.3 Å². The number of hydrogen-bond acceptors (Lipinski definition) is 7. The lowest BCUT2D eigenvalue weighted by molar-refractivity contribution is -0.142. The van der Waals surface area contributed by atoms with Gasteiger partial charge in [0.25, 0.3) is 0 Å². The molecule has 1 amide bonds. The van der Waals surface area contributed by atoms with Crippen molar-refractivity contribution in [1.82, 2.24) is 20.1 Å². The van der Waals surface area contributed by atoms with Crippen molar-refractivity contribution >= 4 is 28.8 Å². The van der Waals surface area contributed by atoms with Crippen LogP contribution in [0.25, 0.3) is 0 Å². The Bertz CT molecular complexity index is 1170. The number of carbonyl (C=O) groups excluding carboxylic acids is 3. The predicted octanol–water partition coefficient (Wildman–Crippen LogP) is 4.87. The minimum absolute atomic E-state index is 0.0324. The van der Waals surface area contributed by atoms with E-state index >= 15 is 0 Å². The Kier molecular flexibility index (Phi) is 9.34. The number of nitrogens with zero attached hydrogens (tertiary/aromatic N) is 3. The second-order valence-corrected chi connectivity index (χ2v) is 12.8. The van der Waals surface area contributed by atoms with Crippen molar-refractivity contribution in [3.8, 4) is 0 Å². The highest BCUT2D eigenvalue weighted by Gasteiger charge is 2.41. The van der Waals surface area contributed by atoms with E-state index in [1.165, 1.54) is 35.6 Å². The van der Waals surface area contributed by atoms with E-state index in [-0.39, 0.29) is 53.4 Å². The molecule has 0 bridgehead atoms. The molecule has 2 fully saturated rings. The summed E-state index contributed by atoms with van der Waals surface area (Å²) in [4.78, 5) is 49.1. The van der Waals surface area contributed by atoms with Crippen molar-refractivity contribution in [2.75, 3.05) is 26.7 Å². The van der Waals surface area contributed by atoms with Crippen molar-refractivity contribution < 1.29 is 18.8 Å². The van der Waals surface area contributed by atoms with E-state index in [9.17, 15) is 18.8 Å². The van der Waals surface area contributed by atoms with Crippen LogP contribution in [0.15, 0.2) is 29.6 Å². The van der Waals surface area contributed by atoms with Crippen molar-refractivity contribution in [2.45, 2.75) is 77.4 Å². The third-order valence-electron chi connectivity index (χ3n) is 8.39. The molecule has 1 N–H and O–H groups in total. The van der Waals surface area contributed by atoms with Crippen LogP contribution < -0.4 is 5.32 Å². The van der Waals surface area contributed by atoms with Crippen molar-refractivity contribution in [3.05, 3.63) is 51.7 Å².